The van der Waals surface area contributed by atoms with Crippen molar-refractivity contribution >= 4 is 11.9 Å². The van der Waals surface area contributed by atoms with Gasteiger partial charge in [0.1, 0.15) is 6.04 Å². The Balaban J connectivity index is 2.47. The Bertz CT molecular complexity index is 650. The highest BCUT2D eigenvalue weighted by Crippen LogP contribution is 2.23. The molecule has 1 N–H and O–H groups in total. The summed E-state index contributed by atoms with van der Waals surface area (Å²) in [6.45, 7) is 4.05. The van der Waals surface area contributed by atoms with Gasteiger partial charge in [-0.05, 0) is 32.3 Å². The van der Waals surface area contributed by atoms with Crippen LogP contribution in [0.2, 0.25) is 0 Å². The van der Waals surface area contributed by atoms with Gasteiger partial charge in [-0.2, -0.15) is 4.98 Å². The molecular formula is C14H19N3O4. The second kappa shape index (κ2) is 5.67. The first-order chi connectivity index (χ1) is 9.82. The second-order valence-corrected chi connectivity index (χ2v) is 5.37. The third-order valence-corrected chi connectivity index (χ3v) is 4.00. The van der Waals surface area contributed by atoms with Crippen LogP contribution >= 0.6 is 0 Å². The van der Waals surface area contributed by atoms with Gasteiger partial charge in [0, 0.05) is 31.4 Å². The number of aromatic nitrogens is 2. The van der Waals surface area contributed by atoms with Gasteiger partial charge in [0.25, 0.3) is 0 Å². The van der Waals surface area contributed by atoms with E-state index in [0.29, 0.717) is 30.8 Å². The fraction of sp³-hybridized carbons (Fsp3) is 0.571. The molecule has 1 aromatic heterocycles. The molecule has 0 aliphatic carbocycles. The SMILES string of the molecule is Cc1nc(=O)n(C2CCN(C)C2=O)c(C)c1CCC(=O)O. The largest absolute Gasteiger partial charge is 0.481 e. The van der Waals surface area contributed by atoms with E-state index in [1.807, 2.05) is 0 Å². The third kappa shape index (κ3) is 2.81. The Morgan fingerprint density at radius 3 is 2.57 bits per heavy atom. The number of rotatable bonds is 4. The number of nitrogens with zero attached hydrogens (tertiary/aromatic N) is 3. The van der Waals surface area contributed by atoms with Gasteiger partial charge >= 0.3 is 11.7 Å². The Morgan fingerprint density at radius 2 is 2.05 bits per heavy atom. The lowest BCUT2D eigenvalue weighted by molar-refractivity contribution is -0.137. The number of amides is 1. The number of carboxylic acid groups (broad SMARTS) is 1. The van der Waals surface area contributed by atoms with E-state index >= 15 is 0 Å². The van der Waals surface area contributed by atoms with Gasteiger partial charge in [-0.25, -0.2) is 4.79 Å². The Hall–Kier alpha value is -2.18. The molecule has 1 aromatic rings. The molecule has 0 radical (unpaired) electrons. The van der Waals surface area contributed by atoms with Crippen molar-refractivity contribution in [2.45, 2.75) is 39.2 Å². The summed E-state index contributed by atoms with van der Waals surface area (Å²) in [5, 5.41) is 8.82. The summed E-state index contributed by atoms with van der Waals surface area (Å²) >= 11 is 0. The van der Waals surface area contributed by atoms with Crippen LogP contribution in [0.4, 0.5) is 0 Å². The maximum absolute atomic E-state index is 12.2. The fourth-order valence-corrected chi connectivity index (χ4v) is 2.82. The van der Waals surface area contributed by atoms with Crippen molar-refractivity contribution in [3.05, 3.63) is 27.4 Å². The van der Waals surface area contributed by atoms with E-state index in [9.17, 15) is 14.4 Å². The molecule has 2 heterocycles. The van der Waals surface area contributed by atoms with Crippen LogP contribution in [0.5, 0.6) is 0 Å². The zero-order valence-corrected chi connectivity index (χ0v) is 12.4. The smallest absolute Gasteiger partial charge is 0.348 e. The molecule has 0 aromatic carbocycles. The molecule has 1 aliphatic rings. The number of likely N-dealkylation sites (N-methyl/N-ethyl adjacent to an activating group) is 1. The van der Waals surface area contributed by atoms with Gasteiger partial charge in [-0.1, -0.05) is 0 Å². The zero-order valence-electron chi connectivity index (χ0n) is 12.4. The van der Waals surface area contributed by atoms with Crippen LogP contribution in [0.3, 0.4) is 0 Å². The number of carboxylic acids is 1. The highest BCUT2D eigenvalue weighted by atomic mass is 16.4. The maximum Gasteiger partial charge on any atom is 0.348 e. The molecule has 1 amide bonds. The molecule has 0 spiro atoms. The van der Waals surface area contributed by atoms with Gasteiger partial charge in [0.15, 0.2) is 0 Å². The molecule has 1 atom stereocenters. The summed E-state index contributed by atoms with van der Waals surface area (Å²) in [4.78, 5) is 40.6. The van der Waals surface area contributed by atoms with Crippen LogP contribution in [0.1, 0.15) is 35.8 Å². The molecule has 7 heteroatoms. The fourth-order valence-electron chi connectivity index (χ4n) is 2.82. The standard InChI is InChI=1S/C14H19N3O4/c1-8-10(4-5-12(18)19)9(2)17(14(21)15-8)11-6-7-16(3)13(11)20/h11H,4-7H2,1-3H3,(H,18,19). The zero-order chi connectivity index (χ0) is 15.7. The summed E-state index contributed by atoms with van der Waals surface area (Å²) < 4.78 is 1.41. The second-order valence-electron chi connectivity index (χ2n) is 5.37. The molecule has 7 nitrogen and oxygen atoms in total. The molecule has 0 saturated carbocycles. The summed E-state index contributed by atoms with van der Waals surface area (Å²) in [5.74, 6) is -1.00. The first kappa shape index (κ1) is 15.2. The summed E-state index contributed by atoms with van der Waals surface area (Å²) in [6, 6.07) is -0.529. The van der Waals surface area contributed by atoms with E-state index in [0.717, 1.165) is 5.56 Å². The van der Waals surface area contributed by atoms with Crippen molar-refractivity contribution in [3.63, 3.8) is 0 Å². The predicted octanol–water partition coefficient (Wildman–Crippen LogP) is 0.281. The first-order valence-electron chi connectivity index (χ1n) is 6.88. The minimum Gasteiger partial charge on any atom is -0.481 e. The molecule has 114 valence electrons. The number of hydrogen-bond acceptors (Lipinski definition) is 4. The van der Waals surface area contributed by atoms with Crippen molar-refractivity contribution in [2.24, 2.45) is 0 Å². The van der Waals surface area contributed by atoms with Crippen molar-refractivity contribution in [1.29, 1.82) is 0 Å². The average molecular weight is 293 g/mol. The molecule has 21 heavy (non-hydrogen) atoms. The van der Waals surface area contributed by atoms with Crippen LogP contribution in [-0.2, 0) is 16.0 Å². The van der Waals surface area contributed by atoms with E-state index in [-0.39, 0.29) is 12.3 Å². The highest BCUT2D eigenvalue weighted by Gasteiger charge is 2.33. The van der Waals surface area contributed by atoms with Crippen molar-refractivity contribution in [1.82, 2.24) is 14.5 Å². The highest BCUT2D eigenvalue weighted by molar-refractivity contribution is 5.82. The summed E-state index contributed by atoms with van der Waals surface area (Å²) in [7, 11) is 1.70. The van der Waals surface area contributed by atoms with E-state index < -0.39 is 17.7 Å². The number of likely N-dealkylation sites (tertiary alicyclic amines) is 1. The molecule has 1 fully saturated rings. The lowest BCUT2D eigenvalue weighted by atomic mass is 10.1. The molecular weight excluding hydrogens is 274 g/mol. The van der Waals surface area contributed by atoms with E-state index in [2.05, 4.69) is 4.98 Å². The minimum atomic E-state index is -0.900. The first-order valence-corrected chi connectivity index (χ1v) is 6.88. The van der Waals surface area contributed by atoms with Gasteiger partial charge < -0.3 is 10.0 Å². The normalized spacial score (nSPS) is 18.3. The number of carbonyl (C=O) groups excluding carboxylic acids is 1. The van der Waals surface area contributed by atoms with Gasteiger partial charge in [0.2, 0.25) is 5.91 Å². The summed E-state index contributed by atoms with van der Waals surface area (Å²) in [6.07, 6.45) is 0.844. The van der Waals surface area contributed by atoms with E-state index in [1.54, 1.807) is 25.8 Å². The van der Waals surface area contributed by atoms with Crippen LogP contribution in [0.15, 0.2) is 4.79 Å². The van der Waals surface area contributed by atoms with Crippen LogP contribution in [0, 0.1) is 13.8 Å². The Labute approximate surface area is 122 Å². The molecule has 1 aliphatic heterocycles. The number of carbonyl (C=O) groups is 2. The average Bonchev–Trinajstić information content (AvgIpc) is 2.70. The molecule has 1 saturated heterocycles. The lowest BCUT2D eigenvalue weighted by Gasteiger charge is -2.19. The molecule has 2 rings (SSSR count). The maximum atomic E-state index is 12.2. The monoisotopic (exact) mass is 293 g/mol. The predicted molar refractivity (Wildman–Crippen MR) is 75.2 cm³/mol. The van der Waals surface area contributed by atoms with Crippen LogP contribution in [-0.4, -0.2) is 45.0 Å². The van der Waals surface area contributed by atoms with Gasteiger partial charge in [-0.3, -0.25) is 14.2 Å². The Kier molecular flexibility index (Phi) is 4.11. The Morgan fingerprint density at radius 1 is 1.38 bits per heavy atom. The number of aryl methyl sites for hydroxylation is 1. The van der Waals surface area contributed by atoms with E-state index in [1.165, 1.54) is 4.57 Å². The van der Waals surface area contributed by atoms with Crippen LogP contribution < -0.4 is 5.69 Å². The lowest BCUT2D eigenvalue weighted by Crippen LogP contribution is -2.35. The third-order valence-electron chi connectivity index (χ3n) is 4.00. The van der Waals surface area contributed by atoms with Gasteiger partial charge in [-0.15, -0.1) is 0 Å². The van der Waals surface area contributed by atoms with E-state index in [4.69, 9.17) is 5.11 Å². The van der Waals surface area contributed by atoms with Crippen molar-refractivity contribution in [2.75, 3.05) is 13.6 Å². The van der Waals surface area contributed by atoms with Gasteiger partial charge in [0.05, 0.1) is 0 Å². The summed E-state index contributed by atoms with van der Waals surface area (Å²) in [5.41, 5.74) is 1.47. The quantitative estimate of drug-likeness (QED) is 0.860. The number of aliphatic carboxylic acids is 1. The van der Waals surface area contributed by atoms with Crippen LogP contribution in [0.25, 0.3) is 0 Å². The van der Waals surface area contributed by atoms with Crippen molar-refractivity contribution in [3.8, 4) is 0 Å². The molecule has 0 bridgehead atoms. The van der Waals surface area contributed by atoms with Crippen molar-refractivity contribution < 1.29 is 14.7 Å². The minimum absolute atomic E-state index is 0.0277. The topological polar surface area (TPSA) is 92.5 Å². The molecule has 1 unspecified atom stereocenters. The number of hydrogen-bond donors (Lipinski definition) is 1.